The summed E-state index contributed by atoms with van der Waals surface area (Å²) in [5.74, 6) is 5.04. The first-order chi connectivity index (χ1) is 5.15. The Hall–Kier alpha value is -1.23. The van der Waals surface area contributed by atoms with Gasteiger partial charge in [-0.2, -0.15) is 0 Å². The van der Waals surface area contributed by atoms with E-state index in [-0.39, 0.29) is 5.82 Å². The number of rotatable bonds is 1. The van der Waals surface area contributed by atoms with Crippen molar-refractivity contribution in [3.63, 3.8) is 0 Å². The molecule has 0 aliphatic rings. The van der Waals surface area contributed by atoms with Gasteiger partial charge in [-0.05, 0) is 13.8 Å². The lowest BCUT2D eigenvalue weighted by molar-refractivity contribution is 0.602. The highest BCUT2D eigenvalue weighted by molar-refractivity contribution is 5.36. The van der Waals surface area contributed by atoms with E-state index in [1.54, 1.807) is 13.8 Å². The molecule has 4 nitrogen and oxygen atoms in total. The second-order valence-electron chi connectivity index (χ2n) is 2.16. The normalized spacial score (nSPS) is 9.82. The second-order valence-corrected chi connectivity index (χ2v) is 2.16. The Bertz CT molecular complexity index is 274. The summed E-state index contributed by atoms with van der Waals surface area (Å²) < 4.78 is 12.9. The quantitative estimate of drug-likeness (QED) is 0.459. The summed E-state index contributed by atoms with van der Waals surface area (Å²) in [6, 6.07) is 0. The number of nitrogens with two attached hydrogens (primary N) is 1. The van der Waals surface area contributed by atoms with E-state index in [4.69, 9.17) is 5.84 Å². The van der Waals surface area contributed by atoms with Crippen LogP contribution in [-0.2, 0) is 0 Å². The van der Waals surface area contributed by atoms with Gasteiger partial charge in [-0.15, -0.1) is 0 Å². The minimum absolute atomic E-state index is 0.0370. The number of hydrazine groups is 1. The van der Waals surface area contributed by atoms with Crippen molar-refractivity contribution in [3.05, 3.63) is 17.3 Å². The Morgan fingerprint density at radius 3 is 2.55 bits per heavy atom. The van der Waals surface area contributed by atoms with Crippen molar-refractivity contribution in [2.75, 3.05) is 5.43 Å². The molecular weight excluding hydrogens is 147 g/mol. The molecule has 0 aliphatic heterocycles. The van der Waals surface area contributed by atoms with Gasteiger partial charge in [0.2, 0.25) is 0 Å². The van der Waals surface area contributed by atoms with Gasteiger partial charge in [-0.3, -0.25) is 0 Å². The number of anilines is 1. The fourth-order valence-electron chi connectivity index (χ4n) is 0.795. The topological polar surface area (TPSA) is 63.8 Å². The Balaban J connectivity index is 3.24. The average Bonchev–Trinajstić information content (AvgIpc) is 1.96. The van der Waals surface area contributed by atoms with Crippen LogP contribution in [0.25, 0.3) is 0 Å². The lowest BCUT2D eigenvalue weighted by Gasteiger charge is -2.03. The summed E-state index contributed by atoms with van der Waals surface area (Å²) in [6.45, 7) is 3.23. The Labute approximate surface area is 63.6 Å². The van der Waals surface area contributed by atoms with Crippen LogP contribution in [0.15, 0.2) is 0 Å². The highest BCUT2D eigenvalue weighted by Crippen LogP contribution is 2.11. The molecule has 0 bridgehead atoms. The van der Waals surface area contributed by atoms with Crippen LogP contribution in [0.4, 0.5) is 10.2 Å². The molecule has 0 radical (unpaired) electrons. The van der Waals surface area contributed by atoms with Crippen LogP contribution in [0.1, 0.15) is 11.5 Å². The molecule has 5 heteroatoms. The predicted molar refractivity (Wildman–Crippen MR) is 39.3 cm³/mol. The van der Waals surface area contributed by atoms with E-state index in [1.807, 2.05) is 0 Å². The van der Waals surface area contributed by atoms with Crippen molar-refractivity contribution in [1.82, 2.24) is 9.97 Å². The molecule has 0 fully saturated rings. The maximum Gasteiger partial charge on any atom is 0.187 e. The van der Waals surface area contributed by atoms with Crippen LogP contribution < -0.4 is 11.3 Å². The lowest BCUT2D eigenvalue weighted by Crippen LogP contribution is -2.12. The Morgan fingerprint density at radius 1 is 1.36 bits per heavy atom. The van der Waals surface area contributed by atoms with Gasteiger partial charge in [-0.25, -0.2) is 20.2 Å². The Kier molecular flexibility index (Phi) is 2.00. The maximum absolute atomic E-state index is 12.9. The first-order valence-electron chi connectivity index (χ1n) is 3.12. The van der Waals surface area contributed by atoms with Gasteiger partial charge in [-0.1, -0.05) is 0 Å². The zero-order chi connectivity index (χ0) is 8.43. The van der Waals surface area contributed by atoms with Crippen molar-refractivity contribution >= 4 is 5.82 Å². The summed E-state index contributed by atoms with van der Waals surface area (Å²) in [7, 11) is 0. The monoisotopic (exact) mass is 156 g/mol. The molecule has 1 aromatic rings. The number of hydrogen-bond acceptors (Lipinski definition) is 4. The molecule has 1 rings (SSSR count). The SMILES string of the molecule is Cc1nc(C)c(F)c(NN)n1. The molecule has 11 heavy (non-hydrogen) atoms. The highest BCUT2D eigenvalue weighted by Gasteiger charge is 2.06. The molecule has 0 atom stereocenters. The third kappa shape index (κ3) is 1.43. The number of nitrogens with zero attached hydrogens (tertiary/aromatic N) is 2. The molecule has 0 aliphatic carbocycles. The summed E-state index contributed by atoms with van der Waals surface area (Å²) in [5, 5.41) is 0. The van der Waals surface area contributed by atoms with E-state index in [0.717, 1.165) is 0 Å². The molecule has 1 aromatic heterocycles. The summed E-state index contributed by atoms with van der Waals surface area (Å²) in [6.07, 6.45) is 0. The molecule has 0 unspecified atom stereocenters. The fourth-order valence-corrected chi connectivity index (χ4v) is 0.795. The van der Waals surface area contributed by atoms with Crippen molar-refractivity contribution in [2.45, 2.75) is 13.8 Å². The van der Waals surface area contributed by atoms with E-state index in [2.05, 4.69) is 15.4 Å². The van der Waals surface area contributed by atoms with Crippen LogP contribution >= 0.6 is 0 Å². The number of hydrogen-bond donors (Lipinski definition) is 2. The molecule has 0 aromatic carbocycles. The summed E-state index contributed by atoms with van der Waals surface area (Å²) >= 11 is 0. The molecule has 1 heterocycles. The number of nitrogen functional groups attached to an aromatic ring is 1. The molecule has 0 spiro atoms. The van der Waals surface area contributed by atoms with E-state index >= 15 is 0 Å². The van der Waals surface area contributed by atoms with Crippen LogP contribution in [0.3, 0.4) is 0 Å². The Morgan fingerprint density at radius 2 is 2.00 bits per heavy atom. The van der Waals surface area contributed by atoms with Crippen LogP contribution in [0, 0.1) is 19.7 Å². The van der Waals surface area contributed by atoms with E-state index < -0.39 is 5.82 Å². The van der Waals surface area contributed by atoms with Gasteiger partial charge in [0.05, 0.1) is 5.69 Å². The number of aromatic nitrogens is 2. The van der Waals surface area contributed by atoms with Gasteiger partial charge >= 0.3 is 0 Å². The van der Waals surface area contributed by atoms with Gasteiger partial charge in [0.25, 0.3) is 0 Å². The third-order valence-corrected chi connectivity index (χ3v) is 1.27. The average molecular weight is 156 g/mol. The largest absolute Gasteiger partial charge is 0.306 e. The van der Waals surface area contributed by atoms with Crippen molar-refractivity contribution in [3.8, 4) is 0 Å². The summed E-state index contributed by atoms with van der Waals surface area (Å²) in [5.41, 5.74) is 2.45. The fraction of sp³-hybridized carbons (Fsp3) is 0.333. The maximum atomic E-state index is 12.9. The van der Waals surface area contributed by atoms with Crippen molar-refractivity contribution in [1.29, 1.82) is 0 Å². The van der Waals surface area contributed by atoms with E-state index in [1.165, 1.54) is 0 Å². The molecule has 0 saturated heterocycles. The highest BCUT2D eigenvalue weighted by atomic mass is 19.1. The third-order valence-electron chi connectivity index (χ3n) is 1.27. The molecule has 60 valence electrons. The first-order valence-corrected chi connectivity index (χ1v) is 3.12. The van der Waals surface area contributed by atoms with Gasteiger partial charge < -0.3 is 5.43 Å². The van der Waals surface area contributed by atoms with Crippen molar-refractivity contribution < 1.29 is 4.39 Å². The molecular formula is C6H9FN4. The van der Waals surface area contributed by atoms with Crippen LogP contribution in [0.2, 0.25) is 0 Å². The van der Waals surface area contributed by atoms with Gasteiger partial charge in [0.15, 0.2) is 11.6 Å². The van der Waals surface area contributed by atoms with E-state index in [0.29, 0.717) is 11.5 Å². The van der Waals surface area contributed by atoms with Crippen LogP contribution in [-0.4, -0.2) is 9.97 Å². The molecule has 0 saturated carbocycles. The minimum Gasteiger partial charge on any atom is -0.306 e. The predicted octanol–water partition coefficient (Wildman–Crippen LogP) is 0.518. The molecule has 0 amide bonds. The smallest absolute Gasteiger partial charge is 0.187 e. The summed E-state index contributed by atoms with van der Waals surface area (Å²) in [4.78, 5) is 7.53. The van der Waals surface area contributed by atoms with E-state index in [9.17, 15) is 4.39 Å². The molecule has 3 N–H and O–H groups in total. The second kappa shape index (κ2) is 2.79. The lowest BCUT2D eigenvalue weighted by atomic mass is 10.4. The first kappa shape index (κ1) is 7.87. The number of nitrogens with one attached hydrogen (secondary N) is 1. The van der Waals surface area contributed by atoms with Crippen LogP contribution in [0.5, 0.6) is 0 Å². The number of halogens is 1. The van der Waals surface area contributed by atoms with Gasteiger partial charge in [0, 0.05) is 0 Å². The standard InChI is InChI=1S/C6H9FN4/c1-3-5(7)6(11-8)10-4(2)9-3/h8H2,1-2H3,(H,9,10,11). The number of aryl methyl sites for hydroxylation is 2. The van der Waals surface area contributed by atoms with Gasteiger partial charge in [0.1, 0.15) is 5.82 Å². The zero-order valence-electron chi connectivity index (χ0n) is 6.35. The zero-order valence-corrected chi connectivity index (χ0v) is 6.35. The van der Waals surface area contributed by atoms with Crippen molar-refractivity contribution in [2.24, 2.45) is 5.84 Å². The minimum atomic E-state index is -0.502.